The summed E-state index contributed by atoms with van der Waals surface area (Å²) in [5.41, 5.74) is 0.941. The highest BCUT2D eigenvalue weighted by atomic mass is 14.6. The summed E-state index contributed by atoms with van der Waals surface area (Å²) in [7, 11) is 0. The molecule has 0 unspecified atom stereocenters. The lowest BCUT2D eigenvalue weighted by atomic mass is 9.70. The molecule has 0 bridgehead atoms. The highest BCUT2D eigenvalue weighted by Gasteiger charge is 2.51. The van der Waals surface area contributed by atoms with Gasteiger partial charge in [-0.3, -0.25) is 0 Å². The number of hydrogen-bond acceptors (Lipinski definition) is 0. The zero-order valence-electron chi connectivity index (χ0n) is 7.73. The molecule has 0 amide bonds. The Morgan fingerprint density at radius 2 is 1.91 bits per heavy atom. The van der Waals surface area contributed by atoms with Crippen molar-refractivity contribution in [3.8, 4) is 0 Å². The Morgan fingerprint density at radius 3 is 2.45 bits per heavy atom. The molecule has 0 N–H and O–H groups in total. The largest absolute Gasteiger partial charge is 0.0654 e. The lowest BCUT2D eigenvalue weighted by Gasteiger charge is -2.35. The Kier molecular flexibility index (Phi) is 1.95. The zero-order valence-corrected chi connectivity index (χ0v) is 7.73. The lowest BCUT2D eigenvalue weighted by Crippen LogP contribution is -2.24. The highest BCUT2D eigenvalue weighted by molar-refractivity contribution is 5.03. The van der Waals surface area contributed by atoms with Crippen molar-refractivity contribution in [2.24, 2.45) is 11.3 Å². The average Bonchev–Trinajstić information content (AvgIpc) is 2.66. The smallest absolute Gasteiger partial charge is 0.0292 e. The van der Waals surface area contributed by atoms with Gasteiger partial charge in [-0.2, -0.15) is 0 Å². The Bertz CT molecular complexity index is 125. The highest BCUT2D eigenvalue weighted by Crippen LogP contribution is 2.64. The molecule has 2 aliphatic rings. The van der Waals surface area contributed by atoms with E-state index in [1.165, 1.54) is 25.7 Å². The summed E-state index contributed by atoms with van der Waals surface area (Å²) < 4.78 is 0. The van der Waals surface area contributed by atoms with Gasteiger partial charge in [-0.1, -0.05) is 32.6 Å². The molecule has 2 saturated carbocycles. The average molecular weight is 152 g/mol. The maximum absolute atomic E-state index is 2.29. The molecule has 0 heteroatoms. The Morgan fingerprint density at radius 1 is 1.18 bits per heavy atom. The van der Waals surface area contributed by atoms with Crippen molar-refractivity contribution < 1.29 is 0 Å². The zero-order chi connectivity index (χ0) is 7.73. The van der Waals surface area contributed by atoms with E-state index in [0.29, 0.717) is 0 Å². The quantitative estimate of drug-likeness (QED) is 0.538. The van der Waals surface area contributed by atoms with Crippen molar-refractivity contribution in [3.05, 3.63) is 0 Å². The topological polar surface area (TPSA) is 0 Å². The molecule has 0 aromatic heterocycles. The molecule has 64 valence electrons. The fourth-order valence-corrected chi connectivity index (χ4v) is 2.64. The minimum Gasteiger partial charge on any atom is -0.0654 e. The van der Waals surface area contributed by atoms with E-state index in [-0.39, 0.29) is 0 Å². The molecular formula is C11H20. The van der Waals surface area contributed by atoms with Gasteiger partial charge >= 0.3 is 0 Å². The second-order valence-corrected chi connectivity index (χ2v) is 4.77. The summed E-state index contributed by atoms with van der Waals surface area (Å²) in [6.07, 6.45) is 12.2. The lowest BCUT2D eigenvalue weighted by molar-refractivity contribution is 0.155. The normalized spacial score (nSPS) is 27.0. The number of hydrogen-bond donors (Lipinski definition) is 0. The van der Waals surface area contributed by atoms with Crippen molar-refractivity contribution >= 4 is 0 Å². The van der Waals surface area contributed by atoms with Crippen LogP contribution in [0.15, 0.2) is 0 Å². The maximum Gasteiger partial charge on any atom is -0.0292 e. The van der Waals surface area contributed by atoms with Crippen molar-refractivity contribution in [2.45, 2.75) is 58.3 Å². The van der Waals surface area contributed by atoms with E-state index in [1.54, 1.807) is 25.7 Å². The molecule has 0 atom stereocenters. The SMILES string of the molecule is CCCCCC1CC2(CC2)C1. The first-order valence-electron chi connectivity index (χ1n) is 5.35. The summed E-state index contributed by atoms with van der Waals surface area (Å²) in [5.74, 6) is 1.14. The van der Waals surface area contributed by atoms with Crippen molar-refractivity contribution in [1.82, 2.24) is 0 Å². The van der Waals surface area contributed by atoms with Crippen LogP contribution in [0.5, 0.6) is 0 Å². The molecule has 0 saturated heterocycles. The molecule has 2 aliphatic carbocycles. The van der Waals surface area contributed by atoms with Gasteiger partial charge in [-0.05, 0) is 37.0 Å². The summed E-state index contributed by atoms with van der Waals surface area (Å²) >= 11 is 0. The molecule has 11 heavy (non-hydrogen) atoms. The van der Waals surface area contributed by atoms with Gasteiger partial charge in [-0.15, -0.1) is 0 Å². The van der Waals surface area contributed by atoms with Gasteiger partial charge in [-0.25, -0.2) is 0 Å². The third-order valence-electron chi connectivity index (χ3n) is 3.62. The van der Waals surface area contributed by atoms with Crippen LogP contribution >= 0.6 is 0 Å². The van der Waals surface area contributed by atoms with Gasteiger partial charge < -0.3 is 0 Å². The van der Waals surface area contributed by atoms with Crippen LogP contribution in [-0.4, -0.2) is 0 Å². The van der Waals surface area contributed by atoms with Crippen molar-refractivity contribution in [2.75, 3.05) is 0 Å². The predicted molar refractivity (Wildman–Crippen MR) is 48.5 cm³/mol. The molecule has 0 radical (unpaired) electrons. The fraction of sp³-hybridized carbons (Fsp3) is 1.00. The molecule has 2 rings (SSSR count). The Balaban J connectivity index is 1.53. The van der Waals surface area contributed by atoms with E-state index in [0.717, 1.165) is 11.3 Å². The van der Waals surface area contributed by atoms with E-state index in [4.69, 9.17) is 0 Å². The van der Waals surface area contributed by atoms with Gasteiger partial charge in [0.2, 0.25) is 0 Å². The molecule has 0 heterocycles. The van der Waals surface area contributed by atoms with Gasteiger partial charge in [0.25, 0.3) is 0 Å². The van der Waals surface area contributed by atoms with Crippen LogP contribution in [0.3, 0.4) is 0 Å². The van der Waals surface area contributed by atoms with Crippen LogP contribution in [0.25, 0.3) is 0 Å². The van der Waals surface area contributed by atoms with Gasteiger partial charge in [0.15, 0.2) is 0 Å². The first-order chi connectivity index (χ1) is 5.35. The van der Waals surface area contributed by atoms with Crippen molar-refractivity contribution in [3.63, 3.8) is 0 Å². The summed E-state index contributed by atoms with van der Waals surface area (Å²) in [5, 5.41) is 0. The van der Waals surface area contributed by atoms with E-state index in [1.807, 2.05) is 0 Å². The summed E-state index contributed by atoms with van der Waals surface area (Å²) in [6, 6.07) is 0. The van der Waals surface area contributed by atoms with Crippen LogP contribution in [0.4, 0.5) is 0 Å². The molecule has 0 nitrogen and oxygen atoms in total. The molecule has 0 aromatic carbocycles. The van der Waals surface area contributed by atoms with E-state index >= 15 is 0 Å². The second-order valence-electron chi connectivity index (χ2n) is 4.77. The Labute approximate surface area is 70.4 Å². The minimum atomic E-state index is 0.941. The molecule has 1 spiro atoms. The molecule has 0 aromatic rings. The maximum atomic E-state index is 2.29. The van der Waals surface area contributed by atoms with Crippen LogP contribution < -0.4 is 0 Å². The van der Waals surface area contributed by atoms with Crippen LogP contribution in [0.2, 0.25) is 0 Å². The third kappa shape index (κ3) is 1.60. The van der Waals surface area contributed by atoms with Gasteiger partial charge in [0.1, 0.15) is 0 Å². The molecular weight excluding hydrogens is 132 g/mol. The van der Waals surface area contributed by atoms with E-state index in [9.17, 15) is 0 Å². The Hall–Kier alpha value is 0. The predicted octanol–water partition coefficient (Wildman–Crippen LogP) is 3.76. The van der Waals surface area contributed by atoms with E-state index < -0.39 is 0 Å². The van der Waals surface area contributed by atoms with Crippen molar-refractivity contribution in [1.29, 1.82) is 0 Å². The first kappa shape index (κ1) is 7.64. The van der Waals surface area contributed by atoms with Crippen LogP contribution in [0.1, 0.15) is 58.3 Å². The number of unbranched alkanes of at least 4 members (excludes halogenated alkanes) is 2. The first-order valence-corrected chi connectivity index (χ1v) is 5.35. The molecule has 0 aliphatic heterocycles. The monoisotopic (exact) mass is 152 g/mol. The summed E-state index contributed by atoms with van der Waals surface area (Å²) in [4.78, 5) is 0. The standard InChI is InChI=1S/C11H20/c1-2-3-4-5-10-8-11(9-10)6-7-11/h10H,2-9H2,1H3. The van der Waals surface area contributed by atoms with E-state index in [2.05, 4.69) is 6.92 Å². The van der Waals surface area contributed by atoms with Gasteiger partial charge in [0, 0.05) is 0 Å². The van der Waals surface area contributed by atoms with Gasteiger partial charge in [0.05, 0.1) is 0 Å². The fourth-order valence-electron chi connectivity index (χ4n) is 2.64. The second kappa shape index (κ2) is 2.80. The number of rotatable bonds is 4. The third-order valence-corrected chi connectivity index (χ3v) is 3.62. The minimum absolute atomic E-state index is 0.941. The van der Waals surface area contributed by atoms with Crippen LogP contribution in [-0.2, 0) is 0 Å². The molecule has 2 fully saturated rings. The summed E-state index contributed by atoms with van der Waals surface area (Å²) in [6.45, 7) is 2.29. The van der Waals surface area contributed by atoms with Crippen LogP contribution in [0, 0.1) is 11.3 Å².